The number of carbonyl (C=O) groups excluding carboxylic acids is 1. The van der Waals surface area contributed by atoms with E-state index in [1.165, 1.54) is 18.4 Å². The van der Waals surface area contributed by atoms with Gasteiger partial charge in [-0.1, -0.05) is 30.7 Å². The van der Waals surface area contributed by atoms with Gasteiger partial charge in [0.1, 0.15) is 0 Å². The van der Waals surface area contributed by atoms with Crippen LogP contribution in [-0.2, 0) is 0 Å². The number of rotatable bonds is 7. The minimum atomic E-state index is 0.0124. The van der Waals surface area contributed by atoms with Crippen LogP contribution in [0.4, 0.5) is 0 Å². The number of H-pyrrole nitrogens is 1. The summed E-state index contributed by atoms with van der Waals surface area (Å²) in [5.41, 5.74) is 8.59. The number of para-hydroxylation sites is 1. The molecule has 4 heteroatoms. The molecule has 0 amide bonds. The molecule has 2 heterocycles. The van der Waals surface area contributed by atoms with Crippen molar-refractivity contribution >= 4 is 16.7 Å². The Hall–Kier alpha value is -1.91. The number of ketones is 1. The van der Waals surface area contributed by atoms with Gasteiger partial charge in [0.15, 0.2) is 5.78 Å². The highest BCUT2D eigenvalue weighted by atomic mass is 16.1. The van der Waals surface area contributed by atoms with Crippen molar-refractivity contribution in [2.45, 2.75) is 32.6 Å². The van der Waals surface area contributed by atoms with Crippen molar-refractivity contribution in [2.24, 2.45) is 11.7 Å². The Morgan fingerprint density at radius 3 is 2.92 bits per heavy atom. The van der Waals surface area contributed by atoms with Gasteiger partial charge in [-0.05, 0) is 63.5 Å². The number of fused-ring (bicyclic) bond motifs is 1. The number of Topliss-reactive ketones (excluding diaryl/α,β-unsaturated/α-hetero) is 1. The fourth-order valence-corrected chi connectivity index (χ4v) is 3.78. The third kappa shape index (κ3) is 4.20. The number of piperidine rings is 1. The number of benzene rings is 1. The maximum absolute atomic E-state index is 13.0. The molecule has 1 fully saturated rings. The third-order valence-electron chi connectivity index (χ3n) is 5.25. The SMILES string of the molecule is C/C=C1/CN(CCCCCN)CC[C@H]1C(=O)c1cc2ccccc2[nH]1. The number of hydrogen-bond acceptors (Lipinski definition) is 3. The number of hydrogen-bond donors (Lipinski definition) is 2. The van der Waals surface area contributed by atoms with Gasteiger partial charge in [-0.2, -0.15) is 0 Å². The van der Waals surface area contributed by atoms with Gasteiger partial charge in [-0.3, -0.25) is 9.69 Å². The fourth-order valence-electron chi connectivity index (χ4n) is 3.78. The molecule has 0 aliphatic carbocycles. The average Bonchev–Trinajstić information content (AvgIpc) is 3.08. The molecule has 0 unspecified atom stereocenters. The molecule has 134 valence electrons. The molecule has 1 atom stereocenters. The van der Waals surface area contributed by atoms with E-state index in [4.69, 9.17) is 5.73 Å². The van der Waals surface area contributed by atoms with Crippen LogP contribution in [-0.4, -0.2) is 41.8 Å². The Morgan fingerprint density at radius 2 is 2.16 bits per heavy atom. The van der Waals surface area contributed by atoms with Gasteiger partial charge in [-0.15, -0.1) is 0 Å². The van der Waals surface area contributed by atoms with Gasteiger partial charge in [0.2, 0.25) is 0 Å². The summed E-state index contributed by atoms with van der Waals surface area (Å²) in [5.74, 6) is 0.241. The number of nitrogens with one attached hydrogen (secondary N) is 1. The van der Waals surface area contributed by atoms with E-state index in [0.717, 1.165) is 55.6 Å². The standard InChI is InChI=1S/C21H29N3O/c1-2-16-15-24(12-7-3-6-11-22)13-10-18(16)21(25)20-14-17-8-4-5-9-19(17)23-20/h2,4-5,8-9,14,18,23H,3,6-7,10-13,15,22H2,1H3/b16-2-/t18-/m1/s1. The van der Waals surface area contributed by atoms with Crippen LogP contribution in [0.25, 0.3) is 10.9 Å². The van der Waals surface area contributed by atoms with E-state index in [2.05, 4.69) is 22.9 Å². The van der Waals surface area contributed by atoms with Gasteiger partial charge in [0, 0.05) is 23.4 Å². The van der Waals surface area contributed by atoms with Crippen molar-refractivity contribution in [1.82, 2.24) is 9.88 Å². The summed E-state index contributed by atoms with van der Waals surface area (Å²) in [6.07, 6.45) is 6.53. The van der Waals surface area contributed by atoms with Gasteiger partial charge >= 0.3 is 0 Å². The molecular weight excluding hydrogens is 310 g/mol. The quantitative estimate of drug-likeness (QED) is 0.459. The highest BCUT2D eigenvalue weighted by molar-refractivity contribution is 6.02. The van der Waals surface area contributed by atoms with Crippen LogP contribution < -0.4 is 5.73 Å². The second-order valence-corrected chi connectivity index (χ2v) is 6.96. The molecule has 1 aliphatic heterocycles. The Morgan fingerprint density at radius 1 is 1.32 bits per heavy atom. The van der Waals surface area contributed by atoms with E-state index in [0.29, 0.717) is 0 Å². The molecule has 2 aromatic rings. The third-order valence-corrected chi connectivity index (χ3v) is 5.25. The van der Waals surface area contributed by atoms with E-state index in [1.807, 2.05) is 30.3 Å². The van der Waals surface area contributed by atoms with Crippen LogP contribution in [0.3, 0.4) is 0 Å². The maximum atomic E-state index is 13.0. The molecule has 1 aromatic carbocycles. The van der Waals surface area contributed by atoms with Crippen molar-refractivity contribution in [1.29, 1.82) is 0 Å². The molecule has 3 rings (SSSR count). The molecular formula is C21H29N3O. The number of allylic oxidation sites excluding steroid dienone is 1. The van der Waals surface area contributed by atoms with E-state index < -0.39 is 0 Å². The fraction of sp³-hybridized carbons (Fsp3) is 0.476. The van der Waals surface area contributed by atoms with E-state index in [1.54, 1.807) is 0 Å². The predicted molar refractivity (Wildman–Crippen MR) is 104 cm³/mol. The maximum Gasteiger partial charge on any atom is 0.186 e. The molecule has 0 spiro atoms. The first kappa shape index (κ1) is 17.9. The predicted octanol–water partition coefficient (Wildman–Crippen LogP) is 3.75. The van der Waals surface area contributed by atoms with Gasteiger partial charge in [0.05, 0.1) is 5.69 Å². The Labute approximate surface area is 150 Å². The van der Waals surface area contributed by atoms with Crippen molar-refractivity contribution < 1.29 is 4.79 Å². The van der Waals surface area contributed by atoms with E-state index >= 15 is 0 Å². The van der Waals surface area contributed by atoms with Crippen molar-refractivity contribution in [2.75, 3.05) is 26.2 Å². The Balaban J connectivity index is 1.65. The Bertz CT molecular complexity index is 713. The zero-order valence-corrected chi connectivity index (χ0v) is 15.1. The normalized spacial score (nSPS) is 20.4. The summed E-state index contributed by atoms with van der Waals surface area (Å²) < 4.78 is 0. The van der Waals surface area contributed by atoms with Gasteiger partial charge in [-0.25, -0.2) is 0 Å². The Kier molecular flexibility index (Phi) is 6.05. The summed E-state index contributed by atoms with van der Waals surface area (Å²) in [5, 5.41) is 1.10. The highest BCUT2D eigenvalue weighted by Gasteiger charge is 2.30. The number of carbonyl (C=O) groups is 1. The molecule has 1 aromatic heterocycles. The second kappa shape index (κ2) is 8.45. The molecule has 4 nitrogen and oxygen atoms in total. The van der Waals surface area contributed by atoms with Gasteiger partial charge < -0.3 is 10.7 Å². The first-order chi connectivity index (χ1) is 12.2. The zero-order valence-electron chi connectivity index (χ0n) is 15.1. The monoisotopic (exact) mass is 339 g/mol. The molecule has 0 radical (unpaired) electrons. The van der Waals surface area contributed by atoms with E-state index in [-0.39, 0.29) is 11.7 Å². The molecule has 0 saturated carbocycles. The molecule has 25 heavy (non-hydrogen) atoms. The molecule has 1 saturated heterocycles. The van der Waals surface area contributed by atoms with Crippen LogP contribution in [0.5, 0.6) is 0 Å². The van der Waals surface area contributed by atoms with Gasteiger partial charge in [0.25, 0.3) is 0 Å². The summed E-state index contributed by atoms with van der Waals surface area (Å²) in [6, 6.07) is 10.1. The number of aromatic nitrogens is 1. The first-order valence-corrected chi connectivity index (χ1v) is 9.42. The number of aromatic amines is 1. The number of nitrogens with zero attached hydrogens (tertiary/aromatic N) is 1. The second-order valence-electron chi connectivity index (χ2n) is 6.96. The van der Waals surface area contributed by atoms with Crippen molar-refractivity contribution in [3.05, 3.63) is 47.7 Å². The first-order valence-electron chi connectivity index (χ1n) is 9.42. The topological polar surface area (TPSA) is 62.1 Å². The summed E-state index contributed by atoms with van der Waals surface area (Å²) >= 11 is 0. The van der Waals surface area contributed by atoms with E-state index in [9.17, 15) is 4.79 Å². The van der Waals surface area contributed by atoms with Crippen LogP contribution >= 0.6 is 0 Å². The lowest BCUT2D eigenvalue weighted by Gasteiger charge is -2.33. The lowest BCUT2D eigenvalue weighted by Crippen LogP contribution is -2.39. The molecule has 0 bridgehead atoms. The number of likely N-dealkylation sites (tertiary alicyclic amines) is 1. The lowest BCUT2D eigenvalue weighted by atomic mass is 9.86. The summed E-state index contributed by atoms with van der Waals surface area (Å²) in [6.45, 7) is 5.84. The lowest BCUT2D eigenvalue weighted by molar-refractivity contribution is 0.0895. The minimum Gasteiger partial charge on any atom is -0.352 e. The summed E-state index contributed by atoms with van der Waals surface area (Å²) in [7, 11) is 0. The number of nitrogens with two attached hydrogens (primary N) is 1. The van der Waals surface area contributed by atoms with Crippen molar-refractivity contribution in [3.63, 3.8) is 0 Å². The van der Waals surface area contributed by atoms with Crippen LogP contribution in [0, 0.1) is 5.92 Å². The highest BCUT2D eigenvalue weighted by Crippen LogP contribution is 2.28. The molecule has 1 aliphatic rings. The molecule has 3 N–H and O–H groups in total. The van der Waals surface area contributed by atoms with Crippen LogP contribution in [0.1, 0.15) is 43.1 Å². The van der Waals surface area contributed by atoms with Crippen LogP contribution in [0.2, 0.25) is 0 Å². The zero-order chi connectivity index (χ0) is 17.6. The van der Waals surface area contributed by atoms with Crippen LogP contribution in [0.15, 0.2) is 42.0 Å². The summed E-state index contributed by atoms with van der Waals surface area (Å²) in [4.78, 5) is 18.8. The minimum absolute atomic E-state index is 0.0124. The average molecular weight is 339 g/mol. The smallest absolute Gasteiger partial charge is 0.186 e. The van der Waals surface area contributed by atoms with Crippen molar-refractivity contribution in [3.8, 4) is 0 Å². The largest absolute Gasteiger partial charge is 0.352 e. The number of unbranched alkanes of at least 4 members (excludes halogenated alkanes) is 2.